The lowest BCUT2D eigenvalue weighted by atomic mass is 10.1. The summed E-state index contributed by atoms with van der Waals surface area (Å²) in [6.45, 7) is 2.00. The Kier molecular flexibility index (Phi) is 3.46. The highest BCUT2D eigenvalue weighted by atomic mass is 15.3. The molecule has 98 valence electrons. The summed E-state index contributed by atoms with van der Waals surface area (Å²) >= 11 is 0. The van der Waals surface area contributed by atoms with Gasteiger partial charge < -0.3 is 0 Å². The average Bonchev–Trinajstić information content (AvgIpc) is 2.93. The maximum atomic E-state index is 4.68. The summed E-state index contributed by atoms with van der Waals surface area (Å²) in [5.41, 5.74) is 4.31. The number of aromatic nitrogens is 2. The van der Waals surface area contributed by atoms with Crippen LogP contribution in [0.1, 0.15) is 12.6 Å². The summed E-state index contributed by atoms with van der Waals surface area (Å²) in [5.74, 6) is 0. The monoisotopic (exact) mass is 260 g/mol. The molecule has 0 saturated carbocycles. The molecular formula is C18H16N2. The molecular weight excluding hydrogens is 244 g/mol. The summed E-state index contributed by atoms with van der Waals surface area (Å²) in [4.78, 5) is 0. The predicted octanol–water partition coefficient (Wildman–Crippen LogP) is 4.57. The maximum Gasteiger partial charge on any atom is 0.0858 e. The number of nitrogens with zero attached hydrogens (tertiary/aromatic N) is 2. The summed E-state index contributed by atoms with van der Waals surface area (Å²) in [6.07, 6.45) is 4.03. The molecule has 20 heavy (non-hydrogen) atoms. The quantitative estimate of drug-likeness (QED) is 0.674. The molecule has 0 saturated heterocycles. The first-order chi connectivity index (χ1) is 9.88. The van der Waals surface area contributed by atoms with Gasteiger partial charge in [0.25, 0.3) is 0 Å². The van der Waals surface area contributed by atoms with E-state index in [0.29, 0.717) is 0 Å². The lowest BCUT2D eigenvalue weighted by Crippen LogP contribution is -1.98. The van der Waals surface area contributed by atoms with E-state index in [1.807, 2.05) is 60.2 Å². The largest absolute Gasteiger partial charge is 0.233 e. The highest BCUT2D eigenvalue weighted by Crippen LogP contribution is 2.24. The second-order valence-corrected chi connectivity index (χ2v) is 4.57. The lowest BCUT2D eigenvalue weighted by Gasteiger charge is -2.07. The van der Waals surface area contributed by atoms with Crippen molar-refractivity contribution in [2.75, 3.05) is 0 Å². The lowest BCUT2D eigenvalue weighted by molar-refractivity contribution is 0.883. The molecule has 2 heteroatoms. The van der Waals surface area contributed by atoms with Gasteiger partial charge in [-0.3, -0.25) is 0 Å². The average molecular weight is 260 g/mol. The minimum absolute atomic E-state index is 0.968. The van der Waals surface area contributed by atoms with Crippen LogP contribution in [0.15, 0.2) is 72.8 Å². The molecule has 3 aromatic rings. The van der Waals surface area contributed by atoms with E-state index < -0.39 is 0 Å². The Morgan fingerprint density at radius 1 is 0.900 bits per heavy atom. The molecule has 1 aromatic heterocycles. The molecule has 0 atom stereocenters. The zero-order valence-electron chi connectivity index (χ0n) is 11.4. The third kappa shape index (κ3) is 2.41. The van der Waals surface area contributed by atoms with Gasteiger partial charge >= 0.3 is 0 Å². The molecule has 1 heterocycles. The Balaban J connectivity index is 2.18. The topological polar surface area (TPSA) is 17.8 Å². The van der Waals surface area contributed by atoms with Crippen LogP contribution in [0, 0.1) is 0 Å². The van der Waals surface area contributed by atoms with Crippen molar-refractivity contribution in [1.82, 2.24) is 9.78 Å². The first kappa shape index (κ1) is 12.4. The molecule has 0 bridgehead atoms. The molecule has 0 radical (unpaired) electrons. The fourth-order valence-corrected chi connectivity index (χ4v) is 2.23. The van der Waals surface area contributed by atoms with Crippen molar-refractivity contribution in [2.24, 2.45) is 0 Å². The van der Waals surface area contributed by atoms with E-state index in [1.165, 1.54) is 5.56 Å². The van der Waals surface area contributed by atoms with E-state index >= 15 is 0 Å². The minimum Gasteiger partial charge on any atom is -0.233 e. The predicted molar refractivity (Wildman–Crippen MR) is 83.7 cm³/mol. The van der Waals surface area contributed by atoms with Crippen LogP contribution in [-0.4, -0.2) is 9.78 Å². The van der Waals surface area contributed by atoms with E-state index in [-0.39, 0.29) is 0 Å². The molecule has 0 N–H and O–H groups in total. The van der Waals surface area contributed by atoms with Crippen molar-refractivity contribution < 1.29 is 0 Å². The second-order valence-electron chi connectivity index (χ2n) is 4.57. The van der Waals surface area contributed by atoms with Gasteiger partial charge in [0.15, 0.2) is 0 Å². The number of hydrogen-bond acceptors (Lipinski definition) is 1. The molecule has 0 fully saturated rings. The fourth-order valence-electron chi connectivity index (χ4n) is 2.23. The van der Waals surface area contributed by atoms with Crippen LogP contribution in [-0.2, 0) is 0 Å². The van der Waals surface area contributed by atoms with Crippen molar-refractivity contribution in [2.45, 2.75) is 6.92 Å². The van der Waals surface area contributed by atoms with Gasteiger partial charge in [-0.1, -0.05) is 54.6 Å². The van der Waals surface area contributed by atoms with Crippen LogP contribution < -0.4 is 0 Å². The van der Waals surface area contributed by atoms with Crippen molar-refractivity contribution in [3.05, 3.63) is 78.5 Å². The normalized spacial score (nSPS) is 11.1. The number of allylic oxidation sites excluding steroid dienone is 1. The SMILES string of the molecule is C/C=C/c1cc(-c2ccccc2)n(-c2ccccc2)n1. The zero-order chi connectivity index (χ0) is 13.8. The fraction of sp³-hybridized carbons (Fsp3) is 0.0556. The summed E-state index contributed by atoms with van der Waals surface area (Å²) < 4.78 is 1.99. The Morgan fingerprint density at radius 2 is 1.55 bits per heavy atom. The van der Waals surface area contributed by atoms with Crippen LogP contribution in [0.25, 0.3) is 23.0 Å². The molecule has 2 nitrogen and oxygen atoms in total. The van der Waals surface area contributed by atoms with Gasteiger partial charge in [0.05, 0.1) is 17.1 Å². The first-order valence-corrected chi connectivity index (χ1v) is 6.72. The molecule has 0 aliphatic heterocycles. The van der Waals surface area contributed by atoms with Gasteiger partial charge in [-0.2, -0.15) is 5.10 Å². The molecule has 0 spiro atoms. The van der Waals surface area contributed by atoms with Crippen LogP contribution in [0.3, 0.4) is 0 Å². The smallest absolute Gasteiger partial charge is 0.0858 e. The molecule has 2 aromatic carbocycles. The van der Waals surface area contributed by atoms with Crippen molar-refractivity contribution in [1.29, 1.82) is 0 Å². The molecule has 0 aliphatic rings. The third-order valence-electron chi connectivity index (χ3n) is 3.14. The minimum atomic E-state index is 0.968. The zero-order valence-corrected chi connectivity index (χ0v) is 11.4. The number of hydrogen-bond donors (Lipinski definition) is 0. The Labute approximate surface area is 119 Å². The number of para-hydroxylation sites is 1. The third-order valence-corrected chi connectivity index (χ3v) is 3.14. The molecule has 0 amide bonds. The van der Waals surface area contributed by atoms with Crippen LogP contribution in [0.4, 0.5) is 0 Å². The molecule has 0 aliphatic carbocycles. The van der Waals surface area contributed by atoms with Gasteiger partial charge in [-0.25, -0.2) is 4.68 Å². The van der Waals surface area contributed by atoms with Crippen molar-refractivity contribution >= 4 is 6.08 Å². The van der Waals surface area contributed by atoms with Crippen LogP contribution in [0.2, 0.25) is 0 Å². The molecule has 0 unspecified atom stereocenters. The van der Waals surface area contributed by atoms with Gasteiger partial charge in [-0.05, 0) is 31.2 Å². The Bertz CT molecular complexity index is 653. The second kappa shape index (κ2) is 5.57. The van der Waals surface area contributed by atoms with E-state index in [9.17, 15) is 0 Å². The summed E-state index contributed by atoms with van der Waals surface area (Å²) in [6, 6.07) is 22.7. The van der Waals surface area contributed by atoms with Crippen LogP contribution in [0.5, 0.6) is 0 Å². The Morgan fingerprint density at radius 3 is 2.20 bits per heavy atom. The number of rotatable bonds is 3. The maximum absolute atomic E-state index is 4.68. The highest BCUT2D eigenvalue weighted by molar-refractivity contribution is 5.65. The van der Waals surface area contributed by atoms with Gasteiger partial charge in [0.1, 0.15) is 0 Å². The Hall–Kier alpha value is -2.61. The van der Waals surface area contributed by atoms with Gasteiger partial charge in [-0.15, -0.1) is 0 Å². The standard InChI is InChI=1S/C18H16N2/c1-2-9-16-14-18(15-10-5-3-6-11-15)20(19-16)17-12-7-4-8-13-17/h2-14H,1H3/b9-2+. The van der Waals surface area contributed by atoms with Gasteiger partial charge in [0, 0.05) is 5.56 Å². The van der Waals surface area contributed by atoms with Crippen LogP contribution >= 0.6 is 0 Å². The van der Waals surface area contributed by atoms with Crippen molar-refractivity contribution in [3.63, 3.8) is 0 Å². The van der Waals surface area contributed by atoms with Gasteiger partial charge in [0.2, 0.25) is 0 Å². The number of benzene rings is 2. The first-order valence-electron chi connectivity index (χ1n) is 6.72. The highest BCUT2D eigenvalue weighted by Gasteiger charge is 2.09. The van der Waals surface area contributed by atoms with E-state index in [2.05, 4.69) is 35.4 Å². The van der Waals surface area contributed by atoms with E-state index in [4.69, 9.17) is 0 Å². The summed E-state index contributed by atoms with van der Waals surface area (Å²) in [7, 11) is 0. The summed E-state index contributed by atoms with van der Waals surface area (Å²) in [5, 5.41) is 4.68. The van der Waals surface area contributed by atoms with E-state index in [1.54, 1.807) is 0 Å². The van der Waals surface area contributed by atoms with E-state index in [0.717, 1.165) is 17.1 Å². The molecule has 3 rings (SSSR count). The van der Waals surface area contributed by atoms with Crippen molar-refractivity contribution in [3.8, 4) is 16.9 Å².